The maximum atomic E-state index is 12.1. The molecular formula is C15H26BrF3O. The van der Waals surface area contributed by atoms with Crippen molar-refractivity contribution in [2.24, 2.45) is 11.3 Å². The Balaban J connectivity index is 2.39. The third kappa shape index (κ3) is 5.92. The molecule has 0 radical (unpaired) electrons. The molecule has 1 nitrogen and oxygen atoms in total. The first-order valence-corrected chi connectivity index (χ1v) is 8.47. The molecule has 0 heterocycles. The quantitative estimate of drug-likeness (QED) is 0.451. The molecule has 1 saturated carbocycles. The summed E-state index contributed by atoms with van der Waals surface area (Å²) in [5, 5.41) is 0.711. The maximum absolute atomic E-state index is 12.1. The number of hydrogen-bond donors (Lipinski definition) is 0. The lowest BCUT2D eigenvalue weighted by molar-refractivity contribution is -0.143. The minimum Gasteiger partial charge on any atom is -0.374 e. The van der Waals surface area contributed by atoms with E-state index in [4.69, 9.17) is 4.74 Å². The summed E-state index contributed by atoms with van der Waals surface area (Å²) in [6, 6.07) is 0. The summed E-state index contributed by atoms with van der Waals surface area (Å²) in [4.78, 5) is 0. The Kier molecular flexibility index (Phi) is 6.39. The second-order valence-electron chi connectivity index (χ2n) is 7.02. The zero-order chi connectivity index (χ0) is 15.4. The highest BCUT2D eigenvalue weighted by Crippen LogP contribution is 2.43. The van der Waals surface area contributed by atoms with Crippen molar-refractivity contribution in [1.29, 1.82) is 0 Å². The van der Waals surface area contributed by atoms with Crippen LogP contribution in [0.15, 0.2) is 0 Å². The van der Waals surface area contributed by atoms with Crippen LogP contribution >= 0.6 is 15.9 Å². The van der Waals surface area contributed by atoms with Gasteiger partial charge in [-0.15, -0.1) is 0 Å². The van der Waals surface area contributed by atoms with Crippen LogP contribution in [0.2, 0.25) is 0 Å². The van der Waals surface area contributed by atoms with Gasteiger partial charge >= 0.3 is 6.18 Å². The van der Waals surface area contributed by atoms with Crippen LogP contribution in [0.5, 0.6) is 0 Å². The summed E-state index contributed by atoms with van der Waals surface area (Å²) in [6.07, 6.45) is -0.715. The summed E-state index contributed by atoms with van der Waals surface area (Å²) in [6.45, 7) is 6.96. The summed E-state index contributed by atoms with van der Waals surface area (Å²) in [7, 11) is 0. The molecule has 0 amide bonds. The normalized spacial score (nSPS) is 28.6. The van der Waals surface area contributed by atoms with Crippen LogP contribution in [0.25, 0.3) is 0 Å². The van der Waals surface area contributed by atoms with Gasteiger partial charge in [-0.2, -0.15) is 13.2 Å². The lowest BCUT2D eigenvalue weighted by atomic mass is 9.69. The monoisotopic (exact) mass is 358 g/mol. The van der Waals surface area contributed by atoms with Crippen molar-refractivity contribution in [1.82, 2.24) is 0 Å². The lowest BCUT2D eigenvalue weighted by Gasteiger charge is -2.43. The molecule has 5 heteroatoms. The second kappa shape index (κ2) is 6.99. The van der Waals surface area contributed by atoms with Gasteiger partial charge in [-0.25, -0.2) is 0 Å². The van der Waals surface area contributed by atoms with Gasteiger partial charge in [-0.3, -0.25) is 0 Å². The fourth-order valence-electron chi connectivity index (χ4n) is 2.89. The van der Waals surface area contributed by atoms with Gasteiger partial charge < -0.3 is 4.74 Å². The predicted molar refractivity (Wildman–Crippen MR) is 79.2 cm³/mol. The molecule has 0 aromatic rings. The number of rotatable bonds is 5. The molecule has 0 unspecified atom stereocenters. The first-order valence-electron chi connectivity index (χ1n) is 7.35. The average molecular weight is 359 g/mol. The Bertz CT molecular complexity index is 288. The number of halogens is 4. The van der Waals surface area contributed by atoms with Crippen molar-refractivity contribution >= 4 is 15.9 Å². The highest BCUT2D eigenvalue weighted by molar-refractivity contribution is 9.09. The zero-order valence-corrected chi connectivity index (χ0v) is 14.2. The van der Waals surface area contributed by atoms with Crippen molar-refractivity contribution in [3.05, 3.63) is 0 Å². The Morgan fingerprint density at radius 3 is 2.10 bits per heavy atom. The Hall–Kier alpha value is 0.230. The summed E-state index contributed by atoms with van der Waals surface area (Å²) in [5.41, 5.74) is 0.0438. The topological polar surface area (TPSA) is 9.23 Å². The minimum absolute atomic E-state index is 0.0565. The van der Waals surface area contributed by atoms with Crippen LogP contribution in [-0.2, 0) is 4.74 Å². The Morgan fingerprint density at radius 1 is 1.15 bits per heavy atom. The molecule has 20 heavy (non-hydrogen) atoms. The zero-order valence-electron chi connectivity index (χ0n) is 12.7. The van der Waals surface area contributed by atoms with Crippen LogP contribution in [0.1, 0.15) is 59.3 Å². The Labute approximate surface area is 128 Å². The smallest absolute Gasteiger partial charge is 0.374 e. The van der Waals surface area contributed by atoms with Gasteiger partial charge in [0, 0.05) is 18.4 Å². The molecule has 1 aliphatic rings. The van der Waals surface area contributed by atoms with Crippen molar-refractivity contribution in [2.75, 3.05) is 11.9 Å². The van der Waals surface area contributed by atoms with Crippen molar-refractivity contribution in [3.8, 4) is 0 Å². The molecule has 0 aliphatic heterocycles. The molecule has 0 saturated heterocycles. The molecule has 0 aromatic heterocycles. The van der Waals surface area contributed by atoms with E-state index >= 15 is 0 Å². The van der Waals surface area contributed by atoms with Crippen molar-refractivity contribution in [3.63, 3.8) is 0 Å². The summed E-state index contributed by atoms with van der Waals surface area (Å²) >= 11 is 3.48. The van der Waals surface area contributed by atoms with Gasteiger partial charge in [-0.1, -0.05) is 36.7 Å². The molecule has 1 rings (SSSR count). The fourth-order valence-corrected chi connectivity index (χ4v) is 3.61. The third-order valence-corrected chi connectivity index (χ3v) is 5.40. The molecule has 0 spiro atoms. The first kappa shape index (κ1) is 18.3. The molecule has 0 aromatic carbocycles. The van der Waals surface area contributed by atoms with Gasteiger partial charge in [0.2, 0.25) is 0 Å². The first-order chi connectivity index (χ1) is 9.08. The van der Waals surface area contributed by atoms with E-state index in [2.05, 4.69) is 36.7 Å². The average Bonchev–Trinajstić information content (AvgIpc) is 2.33. The van der Waals surface area contributed by atoms with Gasteiger partial charge in [-0.05, 0) is 43.4 Å². The van der Waals surface area contributed by atoms with E-state index < -0.39 is 12.6 Å². The molecule has 0 N–H and O–H groups in total. The van der Waals surface area contributed by atoms with E-state index in [1.54, 1.807) is 0 Å². The van der Waals surface area contributed by atoms with E-state index in [9.17, 15) is 13.2 Å². The van der Waals surface area contributed by atoms with Crippen molar-refractivity contribution in [2.45, 2.75) is 71.1 Å². The predicted octanol–water partition coefficient (Wildman–Crippen LogP) is 5.72. The largest absolute Gasteiger partial charge is 0.389 e. The number of alkyl halides is 4. The summed E-state index contributed by atoms with van der Waals surface area (Å²) in [5.74, 6) is 0.674. The molecule has 120 valence electrons. The van der Waals surface area contributed by atoms with E-state index in [0.29, 0.717) is 16.7 Å². The number of hydrogen-bond acceptors (Lipinski definition) is 1. The van der Waals surface area contributed by atoms with Crippen LogP contribution in [0.3, 0.4) is 0 Å². The van der Waals surface area contributed by atoms with E-state index in [0.717, 1.165) is 25.7 Å². The summed E-state index contributed by atoms with van der Waals surface area (Å²) < 4.78 is 42.2. The van der Waals surface area contributed by atoms with E-state index in [1.165, 1.54) is 0 Å². The van der Waals surface area contributed by atoms with Crippen LogP contribution in [0.4, 0.5) is 13.2 Å². The fraction of sp³-hybridized carbons (Fsp3) is 1.00. The lowest BCUT2D eigenvalue weighted by Crippen LogP contribution is -2.41. The van der Waals surface area contributed by atoms with Crippen LogP contribution in [0, 0.1) is 11.3 Å². The highest BCUT2D eigenvalue weighted by atomic mass is 79.9. The van der Waals surface area contributed by atoms with Gasteiger partial charge in [0.15, 0.2) is 0 Å². The standard InChI is InChI=1S/C15H26BrF3O/c1-13(2,3)12-5-8-14(11-16,9-6-12)20-10-4-7-15(17,18)19/h12H,4-11H2,1-3H3. The van der Waals surface area contributed by atoms with E-state index in [-0.39, 0.29) is 18.6 Å². The van der Waals surface area contributed by atoms with Gasteiger partial charge in [0.25, 0.3) is 0 Å². The van der Waals surface area contributed by atoms with E-state index in [1.807, 2.05) is 0 Å². The molecule has 1 aliphatic carbocycles. The van der Waals surface area contributed by atoms with Gasteiger partial charge in [0.05, 0.1) is 5.60 Å². The second-order valence-corrected chi connectivity index (χ2v) is 7.58. The van der Waals surface area contributed by atoms with Crippen LogP contribution < -0.4 is 0 Å². The third-order valence-electron chi connectivity index (χ3n) is 4.38. The molecule has 0 bridgehead atoms. The van der Waals surface area contributed by atoms with Gasteiger partial charge in [0.1, 0.15) is 0 Å². The maximum Gasteiger partial charge on any atom is 0.389 e. The number of ether oxygens (including phenoxy) is 1. The SMILES string of the molecule is CC(C)(C)C1CCC(CBr)(OCCCC(F)(F)F)CC1. The highest BCUT2D eigenvalue weighted by Gasteiger charge is 2.39. The minimum atomic E-state index is -4.07. The molecule has 1 fully saturated rings. The Morgan fingerprint density at radius 2 is 1.70 bits per heavy atom. The molecule has 0 atom stereocenters. The van der Waals surface area contributed by atoms with Crippen molar-refractivity contribution < 1.29 is 17.9 Å². The van der Waals surface area contributed by atoms with Crippen LogP contribution in [-0.4, -0.2) is 23.7 Å². The molecular weight excluding hydrogens is 333 g/mol.